The lowest BCUT2D eigenvalue weighted by molar-refractivity contribution is 0.0581. The van der Waals surface area contributed by atoms with Gasteiger partial charge in [-0.15, -0.1) is 0 Å². The lowest BCUT2D eigenvalue weighted by Gasteiger charge is -2.12. The molecule has 2 N–H and O–H groups in total. The van der Waals surface area contributed by atoms with Gasteiger partial charge in [0.15, 0.2) is 11.1 Å². The minimum absolute atomic E-state index is 0.295. The largest absolute Gasteiger partial charge is 0.305 e. The highest BCUT2D eigenvalue weighted by Crippen LogP contribution is 2.20. The summed E-state index contributed by atoms with van der Waals surface area (Å²) < 4.78 is 19.0. The van der Waals surface area contributed by atoms with E-state index in [2.05, 4.69) is 5.43 Å². The van der Waals surface area contributed by atoms with Crippen LogP contribution in [0.3, 0.4) is 0 Å². The minimum atomic E-state index is -2.11. The van der Waals surface area contributed by atoms with Gasteiger partial charge in [-0.05, 0) is 12.1 Å². The second-order valence-corrected chi connectivity index (χ2v) is 4.05. The van der Waals surface area contributed by atoms with Gasteiger partial charge in [-0.25, -0.2) is 14.6 Å². The highest BCUT2D eigenvalue weighted by atomic mass is 32.2. The summed E-state index contributed by atoms with van der Waals surface area (Å²) in [6.45, 7) is 0. The molecular formula is C9H8N2O4S. The Bertz CT molecular complexity index is 453. The molecule has 1 heterocycles. The van der Waals surface area contributed by atoms with E-state index in [9.17, 15) is 13.8 Å². The molecule has 1 aromatic rings. The van der Waals surface area contributed by atoms with Gasteiger partial charge in [-0.2, -0.15) is 0 Å². The number of nitrogens with one attached hydrogen (secondary N) is 1. The van der Waals surface area contributed by atoms with Crippen LogP contribution >= 0.6 is 0 Å². The molecule has 2 rings (SSSR count). The monoisotopic (exact) mass is 240 g/mol. The maximum atomic E-state index is 11.7. The first-order valence-corrected chi connectivity index (χ1v) is 5.67. The SMILES string of the molecule is O=C1c2ccccc2C(=O)N1NCS(=O)O. The van der Waals surface area contributed by atoms with Gasteiger partial charge in [0.05, 0.1) is 11.1 Å². The fourth-order valence-electron chi connectivity index (χ4n) is 1.45. The molecule has 1 aliphatic rings. The molecule has 0 aliphatic carbocycles. The van der Waals surface area contributed by atoms with E-state index in [1.807, 2.05) is 0 Å². The Morgan fingerprint density at radius 2 is 1.69 bits per heavy atom. The predicted octanol–water partition coefficient (Wildman–Crippen LogP) is -0.0336. The zero-order valence-electron chi connectivity index (χ0n) is 8.04. The zero-order chi connectivity index (χ0) is 11.7. The van der Waals surface area contributed by atoms with Gasteiger partial charge >= 0.3 is 0 Å². The van der Waals surface area contributed by atoms with Crippen LogP contribution in [0.15, 0.2) is 24.3 Å². The number of carbonyl (C=O) groups is 2. The summed E-state index contributed by atoms with van der Waals surface area (Å²) >= 11 is -2.11. The Labute approximate surface area is 93.5 Å². The summed E-state index contributed by atoms with van der Waals surface area (Å²) in [5.41, 5.74) is 2.90. The summed E-state index contributed by atoms with van der Waals surface area (Å²) in [7, 11) is 0. The van der Waals surface area contributed by atoms with E-state index in [0.29, 0.717) is 11.1 Å². The van der Waals surface area contributed by atoms with Crippen LogP contribution < -0.4 is 5.43 Å². The average Bonchev–Trinajstić information content (AvgIpc) is 2.50. The second kappa shape index (κ2) is 4.12. The van der Waals surface area contributed by atoms with E-state index in [1.54, 1.807) is 12.1 Å². The number of amides is 2. The van der Waals surface area contributed by atoms with Crippen molar-refractivity contribution in [2.24, 2.45) is 0 Å². The smallest absolute Gasteiger partial charge is 0.276 e. The Hall–Kier alpha value is -1.57. The van der Waals surface area contributed by atoms with Crippen molar-refractivity contribution < 1.29 is 18.4 Å². The molecule has 0 saturated carbocycles. The molecule has 1 unspecified atom stereocenters. The lowest BCUT2D eigenvalue weighted by atomic mass is 10.1. The van der Waals surface area contributed by atoms with Gasteiger partial charge in [-0.3, -0.25) is 9.59 Å². The third-order valence-electron chi connectivity index (χ3n) is 2.14. The van der Waals surface area contributed by atoms with Crippen LogP contribution in [0.25, 0.3) is 0 Å². The van der Waals surface area contributed by atoms with Crippen molar-refractivity contribution in [1.29, 1.82) is 0 Å². The molecule has 84 valence electrons. The summed E-state index contributed by atoms with van der Waals surface area (Å²) in [6.07, 6.45) is 0. The van der Waals surface area contributed by atoms with E-state index < -0.39 is 22.9 Å². The van der Waals surface area contributed by atoms with E-state index in [4.69, 9.17) is 4.55 Å². The van der Waals surface area contributed by atoms with Gasteiger partial charge in [0.1, 0.15) is 5.88 Å². The Kier molecular flexibility index (Phi) is 2.82. The fraction of sp³-hybridized carbons (Fsp3) is 0.111. The molecule has 1 aliphatic heterocycles. The van der Waals surface area contributed by atoms with Crippen molar-refractivity contribution in [3.05, 3.63) is 35.4 Å². The van der Waals surface area contributed by atoms with E-state index in [-0.39, 0.29) is 5.88 Å². The highest BCUT2D eigenvalue weighted by molar-refractivity contribution is 7.79. The van der Waals surface area contributed by atoms with Crippen molar-refractivity contribution in [2.75, 3.05) is 5.88 Å². The van der Waals surface area contributed by atoms with Crippen LogP contribution in [0.2, 0.25) is 0 Å². The number of benzene rings is 1. The molecule has 0 radical (unpaired) electrons. The van der Waals surface area contributed by atoms with Crippen molar-refractivity contribution in [3.8, 4) is 0 Å². The predicted molar refractivity (Wildman–Crippen MR) is 55.7 cm³/mol. The van der Waals surface area contributed by atoms with Crippen LogP contribution in [0.4, 0.5) is 0 Å². The van der Waals surface area contributed by atoms with Gasteiger partial charge in [0, 0.05) is 0 Å². The molecule has 0 spiro atoms. The number of rotatable bonds is 3. The van der Waals surface area contributed by atoms with Crippen LogP contribution in [0.5, 0.6) is 0 Å². The van der Waals surface area contributed by atoms with E-state index in [1.165, 1.54) is 12.1 Å². The normalized spacial score (nSPS) is 16.4. The first-order chi connectivity index (χ1) is 7.61. The number of imide groups is 1. The minimum Gasteiger partial charge on any atom is -0.305 e. The number of hydrogen-bond donors (Lipinski definition) is 2. The molecule has 6 nitrogen and oxygen atoms in total. The molecule has 2 amide bonds. The van der Waals surface area contributed by atoms with Crippen LogP contribution in [-0.4, -0.2) is 31.5 Å². The summed E-state index contributed by atoms with van der Waals surface area (Å²) in [5, 5.41) is 0.749. The zero-order valence-corrected chi connectivity index (χ0v) is 8.86. The Morgan fingerprint density at radius 1 is 1.19 bits per heavy atom. The molecule has 0 saturated heterocycles. The summed E-state index contributed by atoms with van der Waals surface area (Å²) in [5.74, 6) is -1.39. The molecule has 1 aromatic carbocycles. The molecule has 0 bridgehead atoms. The van der Waals surface area contributed by atoms with Crippen LogP contribution in [0.1, 0.15) is 20.7 Å². The maximum absolute atomic E-state index is 11.7. The number of carbonyl (C=O) groups excluding carboxylic acids is 2. The average molecular weight is 240 g/mol. The van der Waals surface area contributed by atoms with Crippen molar-refractivity contribution in [1.82, 2.24) is 10.4 Å². The highest BCUT2D eigenvalue weighted by Gasteiger charge is 2.35. The molecular weight excluding hydrogens is 232 g/mol. The first-order valence-electron chi connectivity index (χ1n) is 4.40. The summed E-state index contributed by atoms with van der Waals surface area (Å²) in [6, 6.07) is 6.37. The lowest BCUT2D eigenvalue weighted by Crippen LogP contribution is -2.43. The molecule has 16 heavy (non-hydrogen) atoms. The number of hydrogen-bond acceptors (Lipinski definition) is 4. The van der Waals surface area contributed by atoms with Gasteiger partial charge in [-0.1, -0.05) is 12.1 Å². The van der Waals surface area contributed by atoms with Crippen molar-refractivity contribution in [2.45, 2.75) is 0 Å². The van der Waals surface area contributed by atoms with Gasteiger partial charge in [0.25, 0.3) is 11.8 Å². The molecule has 7 heteroatoms. The van der Waals surface area contributed by atoms with Crippen LogP contribution in [-0.2, 0) is 11.1 Å². The Balaban J connectivity index is 2.25. The fourth-order valence-corrected chi connectivity index (χ4v) is 1.69. The number of fused-ring (bicyclic) bond motifs is 1. The van der Waals surface area contributed by atoms with E-state index in [0.717, 1.165) is 5.01 Å². The third-order valence-corrected chi connectivity index (χ3v) is 2.52. The van der Waals surface area contributed by atoms with E-state index >= 15 is 0 Å². The second-order valence-electron chi connectivity index (χ2n) is 3.12. The van der Waals surface area contributed by atoms with Gasteiger partial charge < -0.3 is 4.55 Å². The topological polar surface area (TPSA) is 86.7 Å². The molecule has 0 aromatic heterocycles. The Morgan fingerprint density at radius 3 is 2.12 bits per heavy atom. The molecule has 1 atom stereocenters. The van der Waals surface area contributed by atoms with Gasteiger partial charge in [0.2, 0.25) is 0 Å². The molecule has 0 fully saturated rings. The maximum Gasteiger partial charge on any atom is 0.276 e. The summed E-state index contributed by atoms with van der Waals surface area (Å²) in [4.78, 5) is 23.4. The first kappa shape index (κ1) is 10.9. The van der Waals surface area contributed by atoms with Crippen molar-refractivity contribution >= 4 is 22.9 Å². The van der Waals surface area contributed by atoms with Crippen LogP contribution in [0, 0.1) is 0 Å². The number of hydrazine groups is 1. The standard InChI is InChI=1S/C9H8N2O4S/c12-8-6-3-1-2-4-7(6)9(13)11(8)10-5-16(14)15/h1-4,10H,5H2,(H,14,15). The third kappa shape index (κ3) is 1.75. The quantitative estimate of drug-likeness (QED) is 0.572. The number of nitrogens with zero attached hydrogens (tertiary/aromatic N) is 1. The van der Waals surface area contributed by atoms with Crippen molar-refractivity contribution in [3.63, 3.8) is 0 Å².